The summed E-state index contributed by atoms with van der Waals surface area (Å²) in [5.41, 5.74) is 1.37. The van der Waals surface area contributed by atoms with Crippen LogP contribution in [0.25, 0.3) is 10.8 Å². The summed E-state index contributed by atoms with van der Waals surface area (Å²) in [5.74, 6) is 0. The Balaban J connectivity index is 2.79. The SMILES string of the molecule is BCc1ccc2ccccc2c1Br. The van der Waals surface area contributed by atoms with Crippen molar-refractivity contribution in [1.29, 1.82) is 0 Å². The molecule has 0 spiro atoms. The molecule has 2 rings (SSSR count). The van der Waals surface area contributed by atoms with Gasteiger partial charge in [-0.15, -0.1) is 0 Å². The second-order valence-electron chi connectivity index (χ2n) is 3.11. The molecule has 0 nitrogen and oxygen atoms in total. The third kappa shape index (κ3) is 1.51. The van der Waals surface area contributed by atoms with Gasteiger partial charge in [0.25, 0.3) is 0 Å². The molecule has 0 saturated carbocycles. The highest BCUT2D eigenvalue weighted by Crippen LogP contribution is 2.27. The normalized spacial score (nSPS) is 10.5. The molecule has 0 radical (unpaired) electrons. The zero-order valence-corrected chi connectivity index (χ0v) is 9.14. The highest BCUT2D eigenvalue weighted by Gasteiger charge is 2.01. The highest BCUT2D eigenvalue weighted by atomic mass is 79.9. The van der Waals surface area contributed by atoms with E-state index in [9.17, 15) is 0 Å². The summed E-state index contributed by atoms with van der Waals surface area (Å²) < 4.78 is 1.24. The smallest absolute Gasteiger partial charge is 0.0616 e. The van der Waals surface area contributed by atoms with Crippen LogP contribution in [0.1, 0.15) is 5.56 Å². The van der Waals surface area contributed by atoms with E-state index < -0.39 is 0 Å². The molecule has 0 N–H and O–H groups in total. The van der Waals surface area contributed by atoms with Crippen molar-refractivity contribution < 1.29 is 0 Å². The maximum atomic E-state index is 3.64. The first-order valence-electron chi connectivity index (χ1n) is 4.49. The minimum Gasteiger partial charge on any atom is -0.0616 e. The fourth-order valence-corrected chi connectivity index (χ4v) is 2.33. The first-order valence-corrected chi connectivity index (χ1v) is 5.28. The van der Waals surface area contributed by atoms with Crippen LogP contribution in [-0.2, 0) is 6.32 Å². The second kappa shape index (κ2) is 3.55. The topological polar surface area (TPSA) is 0 Å². The van der Waals surface area contributed by atoms with Crippen molar-refractivity contribution in [3.8, 4) is 0 Å². The van der Waals surface area contributed by atoms with Gasteiger partial charge in [-0.1, -0.05) is 42.7 Å². The molecule has 64 valence electrons. The van der Waals surface area contributed by atoms with Crippen LogP contribution in [0.4, 0.5) is 0 Å². The lowest BCUT2D eigenvalue weighted by molar-refractivity contribution is 1.40. The van der Waals surface area contributed by atoms with E-state index in [1.165, 1.54) is 20.8 Å². The summed E-state index contributed by atoms with van der Waals surface area (Å²) in [5, 5.41) is 2.61. The Labute approximate surface area is 87.5 Å². The molecule has 0 heterocycles. The van der Waals surface area contributed by atoms with Gasteiger partial charge in [-0.05, 0) is 32.3 Å². The van der Waals surface area contributed by atoms with Gasteiger partial charge in [-0.3, -0.25) is 0 Å². The Morgan fingerprint density at radius 2 is 1.85 bits per heavy atom. The van der Waals surface area contributed by atoms with Crippen molar-refractivity contribution in [2.24, 2.45) is 0 Å². The summed E-state index contributed by atoms with van der Waals surface area (Å²) in [6.45, 7) is 0. The van der Waals surface area contributed by atoms with E-state index in [0.29, 0.717) is 0 Å². The average Bonchev–Trinajstić information content (AvgIpc) is 2.19. The van der Waals surface area contributed by atoms with Crippen LogP contribution in [0.15, 0.2) is 40.9 Å². The van der Waals surface area contributed by atoms with Gasteiger partial charge < -0.3 is 0 Å². The van der Waals surface area contributed by atoms with Crippen LogP contribution in [0.3, 0.4) is 0 Å². The average molecular weight is 233 g/mol. The summed E-state index contributed by atoms with van der Waals surface area (Å²) in [7, 11) is 2.18. The Hall–Kier alpha value is -0.755. The van der Waals surface area contributed by atoms with Gasteiger partial charge in [-0.2, -0.15) is 0 Å². The lowest BCUT2D eigenvalue weighted by Crippen LogP contribution is -1.86. The van der Waals surface area contributed by atoms with Gasteiger partial charge in [0.05, 0.1) is 0 Å². The molecule has 13 heavy (non-hydrogen) atoms. The molecule has 0 amide bonds. The van der Waals surface area contributed by atoms with Crippen molar-refractivity contribution in [1.82, 2.24) is 0 Å². The van der Waals surface area contributed by atoms with E-state index in [2.05, 4.69) is 60.2 Å². The monoisotopic (exact) mass is 232 g/mol. The van der Waals surface area contributed by atoms with Gasteiger partial charge in [0.15, 0.2) is 0 Å². The summed E-state index contributed by atoms with van der Waals surface area (Å²) in [4.78, 5) is 0. The van der Waals surface area contributed by atoms with Crippen molar-refractivity contribution in [3.63, 3.8) is 0 Å². The van der Waals surface area contributed by atoms with E-state index in [-0.39, 0.29) is 0 Å². The number of benzene rings is 2. The van der Waals surface area contributed by atoms with E-state index in [0.717, 1.165) is 6.32 Å². The Kier molecular flexibility index (Phi) is 2.41. The number of rotatable bonds is 1. The van der Waals surface area contributed by atoms with Crippen molar-refractivity contribution in [3.05, 3.63) is 46.4 Å². The Morgan fingerprint density at radius 3 is 2.62 bits per heavy atom. The predicted octanol–water partition coefficient (Wildman–Crippen LogP) is 2.74. The van der Waals surface area contributed by atoms with Crippen LogP contribution in [0, 0.1) is 0 Å². The van der Waals surface area contributed by atoms with Crippen LogP contribution in [-0.4, -0.2) is 7.85 Å². The molecule has 0 unspecified atom stereocenters. The highest BCUT2D eigenvalue weighted by molar-refractivity contribution is 9.10. The molecule has 0 aromatic heterocycles. The van der Waals surface area contributed by atoms with Gasteiger partial charge >= 0.3 is 0 Å². The van der Waals surface area contributed by atoms with Gasteiger partial charge in [0, 0.05) is 4.47 Å². The predicted molar refractivity (Wildman–Crippen MR) is 63.9 cm³/mol. The summed E-state index contributed by atoms with van der Waals surface area (Å²) in [6, 6.07) is 12.8. The molecule has 0 atom stereocenters. The molecule has 0 aliphatic rings. The van der Waals surface area contributed by atoms with Crippen molar-refractivity contribution in [2.45, 2.75) is 6.32 Å². The van der Waals surface area contributed by atoms with E-state index in [4.69, 9.17) is 0 Å². The van der Waals surface area contributed by atoms with Gasteiger partial charge in [0.2, 0.25) is 0 Å². The second-order valence-corrected chi connectivity index (χ2v) is 3.91. The summed E-state index contributed by atoms with van der Waals surface area (Å²) >= 11 is 3.64. The zero-order valence-electron chi connectivity index (χ0n) is 7.55. The first kappa shape index (κ1) is 8.83. The largest absolute Gasteiger partial charge is 0.107 e. The Bertz CT molecular complexity index is 437. The molecule has 0 bridgehead atoms. The molecule has 0 aliphatic carbocycles. The fraction of sp³-hybridized carbons (Fsp3) is 0.0909. The van der Waals surface area contributed by atoms with Crippen LogP contribution in [0.2, 0.25) is 0 Å². The number of fused-ring (bicyclic) bond motifs is 1. The third-order valence-electron chi connectivity index (χ3n) is 2.32. The number of hydrogen-bond donors (Lipinski definition) is 0. The van der Waals surface area contributed by atoms with Crippen molar-refractivity contribution in [2.75, 3.05) is 0 Å². The minimum atomic E-state index is 1.07. The zero-order chi connectivity index (χ0) is 9.26. The lowest BCUT2D eigenvalue weighted by atomic mass is 9.95. The number of hydrogen-bond acceptors (Lipinski definition) is 0. The molecule has 2 aromatic carbocycles. The van der Waals surface area contributed by atoms with Crippen LogP contribution < -0.4 is 0 Å². The molecular weight excluding hydrogens is 223 g/mol. The molecule has 0 aliphatic heterocycles. The molecule has 2 aromatic rings. The Morgan fingerprint density at radius 1 is 1.08 bits per heavy atom. The minimum absolute atomic E-state index is 1.07. The van der Waals surface area contributed by atoms with E-state index in [1.54, 1.807) is 0 Å². The van der Waals surface area contributed by atoms with Crippen LogP contribution in [0.5, 0.6) is 0 Å². The maximum Gasteiger partial charge on any atom is 0.107 e. The molecule has 2 heteroatoms. The molecular formula is C11H10BBr. The first-order chi connectivity index (χ1) is 6.33. The van der Waals surface area contributed by atoms with E-state index >= 15 is 0 Å². The van der Waals surface area contributed by atoms with Gasteiger partial charge in [-0.25, -0.2) is 0 Å². The summed E-state index contributed by atoms with van der Waals surface area (Å²) in [6.07, 6.45) is 1.07. The maximum absolute atomic E-state index is 3.64. The van der Waals surface area contributed by atoms with Crippen molar-refractivity contribution >= 4 is 34.5 Å². The van der Waals surface area contributed by atoms with Crippen LogP contribution >= 0.6 is 15.9 Å². The number of halogens is 1. The molecule has 0 fully saturated rings. The third-order valence-corrected chi connectivity index (χ3v) is 3.26. The van der Waals surface area contributed by atoms with Gasteiger partial charge in [0.1, 0.15) is 7.85 Å². The van der Waals surface area contributed by atoms with E-state index in [1.807, 2.05) is 0 Å². The standard InChI is InChI=1S/C11H10BBr/c12-7-9-6-5-8-3-1-2-4-10(8)11(9)13/h1-6H,7,12H2. The fourth-order valence-electron chi connectivity index (χ4n) is 1.55. The lowest BCUT2D eigenvalue weighted by Gasteiger charge is -2.05. The quantitative estimate of drug-likeness (QED) is 0.664. The molecule has 0 saturated heterocycles.